The minimum atomic E-state index is -0.532. The third-order valence-corrected chi connectivity index (χ3v) is 5.77. The summed E-state index contributed by atoms with van der Waals surface area (Å²) in [6.45, 7) is 4.14. The zero-order chi connectivity index (χ0) is 19.8. The summed E-state index contributed by atoms with van der Waals surface area (Å²) in [4.78, 5) is 29.6. The van der Waals surface area contributed by atoms with E-state index < -0.39 is 6.17 Å². The molecule has 4 rings (SSSR count). The van der Waals surface area contributed by atoms with Gasteiger partial charge in [-0.25, -0.2) is 4.39 Å². The Labute approximate surface area is 163 Å². The van der Waals surface area contributed by atoms with Crippen LogP contribution in [0.5, 0.6) is 0 Å². The minimum absolute atomic E-state index is 0.000294. The number of fused-ring (bicyclic) bond motifs is 3. The molecule has 3 unspecified atom stereocenters. The second-order valence-corrected chi connectivity index (χ2v) is 8.00. The summed E-state index contributed by atoms with van der Waals surface area (Å²) in [7, 11) is 0. The van der Waals surface area contributed by atoms with Crippen LogP contribution in [0.2, 0.25) is 0 Å². The van der Waals surface area contributed by atoms with E-state index in [9.17, 15) is 14.0 Å². The molecule has 0 aromatic heterocycles. The van der Waals surface area contributed by atoms with Gasteiger partial charge in [0.2, 0.25) is 5.91 Å². The number of nitrogens with zero attached hydrogens (tertiary/aromatic N) is 3. The van der Waals surface area contributed by atoms with Gasteiger partial charge in [0.05, 0.1) is 12.1 Å². The fourth-order valence-electron chi connectivity index (χ4n) is 4.53. The predicted molar refractivity (Wildman–Crippen MR) is 104 cm³/mol. The average Bonchev–Trinajstić information content (AvgIpc) is 3.13. The van der Waals surface area contributed by atoms with Gasteiger partial charge < -0.3 is 15.1 Å². The number of hydrogen-bond donors (Lipinski definition) is 2. The highest BCUT2D eigenvalue weighted by Gasteiger charge is 2.51. The van der Waals surface area contributed by atoms with Crippen molar-refractivity contribution in [3.8, 4) is 0 Å². The molecule has 2 heterocycles. The second kappa shape index (κ2) is 7.41. The summed E-state index contributed by atoms with van der Waals surface area (Å²) < 4.78 is 13.1. The fraction of sp³-hybridized carbons (Fsp3) is 0.550. The average molecular weight is 387 g/mol. The van der Waals surface area contributed by atoms with Crippen LogP contribution in [-0.4, -0.2) is 52.2 Å². The number of nitrogens with one attached hydrogen (secondary N) is 2. The smallest absolute Gasteiger partial charge is 0.268 e. The van der Waals surface area contributed by atoms with Crippen LogP contribution >= 0.6 is 0 Å². The number of carbonyl (C=O) groups excluding carboxylic acids is 2. The fourth-order valence-corrected chi connectivity index (χ4v) is 4.53. The molecule has 2 amide bonds. The molecule has 2 fully saturated rings. The summed E-state index contributed by atoms with van der Waals surface area (Å²) in [5, 5.41) is 7.18. The van der Waals surface area contributed by atoms with E-state index in [1.54, 1.807) is 4.90 Å². The molecule has 150 valence electrons. The van der Waals surface area contributed by atoms with Crippen LogP contribution in [0.15, 0.2) is 29.4 Å². The minimum Gasteiger partial charge on any atom is -0.325 e. The van der Waals surface area contributed by atoms with Crippen LogP contribution in [0.3, 0.4) is 0 Å². The molecule has 8 heteroatoms. The standard InChI is InChI=1S/C20H26FN5O2/c1-12(2)18-23-24-19-20(28)25(15-5-3-4-6-16(15)26(18)19)11-17(27)22-14-9-7-13(21)8-10-14/h7-10,12,15-16,19,24H,3-6,11H2,1-2H3,(H,22,27). The Morgan fingerprint density at radius 1 is 1.25 bits per heavy atom. The summed E-state index contributed by atoms with van der Waals surface area (Å²) in [5.41, 5.74) is 3.50. The lowest BCUT2D eigenvalue weighted by molar-refractivity contribution is -0.151. The van der Waals surface area contributed by atoms with Crippen molar-refractivity contribution < 1.29 is 14.0 Å². The molecule has 0 spiro atoms. The third-order valence-electron chi connectivity index (χ3n) is 5.77. The van der Waals surface area contributed by atoms with Crippen molar-refractivity contribution in [3.05, 3.63) is 30.1 Å². The number of halogens is 1. The number of rotatable bonds is 4. The van der Waals surface area contributed by atoms with Crippen molar-refractivity contribution in [2.75, 3.05) is 11.9 Å². The van der Waals surface area contributed by atoms with Gasteiger partial charge in [0.25, 0.3) is 5.91 Å². The van der Waals surface area contributed by atoms with Crippen LogP contribution < -0.4 is 10.7 Å². The number of hydrogen-bond acceptors (Lipinski definition) is 5. The molecule has 7 nitrogen and oxygen atoms in total. The van der Waals surface area contributed by atoms with Crippen LogP contribution in [0.25, 0.3) is 0 Å². The normalized spacial score (nSPS) is 26.5. The highest BCUT2D eigenvalue weighted by Crippen LogP contribution is 2.35. The van der Waals surface area contributed by atoms with Gasteiger partial charge in [0.15, 0.2) is 6.17 Å². The molecule has 3 aliphatic rings. The molecule has 1 aromatic rings. The SMILES string of the molecule is CC(C)C1=NNC2C(=O)N(CC(=O)Nc3ccc(F)cc3)C3CCCCC3N12. The molecule has 1 saturated heterocycles. The zero-order valence-corrected chi connectivity index (χ0v) is 16.2. The van der Waals surface area contributed by atoms with Gasteiger partial charge in [-0.2, -0.15) is 5.10 Å². The van der Waals surface area contributed by atoms with Crippen LogP contribution in [-0.2, 0) is 9.59 Å². The summed E-state index contributed by atoms with van der Waals surface area (Å²) >= 11 is 0. The Bertz CT molecular complexity index is 794. The van der Waals surface area contributed by atoms with E-state index in [4.69, 9.17) is 0 Å². The first-order valence-electron chi connectivity index (χ1n) is 9.93. The predicted octanol–water partition coefficient (Wildman–Crippen LogP) is 2.12. The van der Waals surface area contributed by atoms with Gasteiger partial charge in [-0.05, 0) is 37.1 Å². The van der Waals surface area contributed by atoms with Gasteiger partial charge in [0, 0.05) is 11.6 Å². The first kappa shape index (κ1) is 18.7. The Morgan fingerprint density at radius 2 is 1.93 bits per heavy atom. The van der Waals surface area contributed by atoms with Crippen molar-refractivity contribution in [1.82, 2.24) is 15.2 Å². The van der Waals surface area contributed by atoms with Gasteiger partial charge in [0.1, 0.15) is 18.2 Å². The molecule has 1 aliphatic carbocycles. The Hall–Kier alpha value is -2.64. The van der Waals surface area contributed by atoms with Gasteiger partial charge in [-0.1, -0.05) is 26.7 Å². The highest BCUT2D eigenvalue weighted by molar-refractivity contribution is 5.98. The van der Waals surface area contributed by atoms with Crippen molar-refractivity contribution in [2.24, 2.45) is 11.0 Å². The van der Waals surface area contributed by atoms with E-state index in [0.29, 0.717) is 5.69 Å². The lowest BCUT2D eigenvalue weighted by Gasteiger charge is -2.51. The maximum Gasteiger partial charge on any atom is 0.268 e. The van der Waals surface area contributed by atoms with Gasteiger partial charge in [-0.3, -0.25) is 15.0 Å². The van der Waals surface area contributed by atoms with Gasteiger partial charge >= 0.3 is 0 Å². The number of amidine groups is 1. The maximum absolute atomic E-state index is 13.2. The van der Waals surface area contributed by atoms with E-state index in [0.717, 1.165) is 31.5 Å². The van der Waals surface area contributed by atoms with Crippen molar-refractivity contribution in [1.29, 1.82) is 0 Å². The molecule has 1 saturated carbocycles. The first-order valence-corrected chi connectivity index (χ1v) is 9.93. The summed E-state index contributed by atoms with van der Waals surface area (Å²) in [6, 6.07) is 5.79. The van der Waals surface area contributed by atoms with Crippen LogP contribution in [0.1, 0.15) is 39.5 Å². The second-order valence-electron chi connectivity index (χ2n) is 8.00. The number of amides is 2. The zero-order valence-electron chi connectivity index (χ0n) is 16.2. The van der Waals surface area contributed by atoms with Crippen LogP contribution in [0.4, 0.5) is 10.1 Å². The molecule has 3 atom stereocenters. The molecule has 1 aromatic carbocycles. The van der Waals surface area contributed by atoms with Crippen LogP contribution in [0, 0.1) is 11.7 Å². The Kier molecular flexibility index (Phi) is 4.95. The number of carbonyl (C=O) groups is 2. The topological polar surface area (TPSA) is 77.0 Å². The van der Waals surface area contributed by atoms with E-state index in [2.05, 4.69) is 34.6 Å². The molecule has 0 radical (unpaired) electrons. The molecule has 0 bridgehead atoms. The first-order chi connectivity index (χ1) is 13.5. The number of benzene rings is 1. The lowest BCUT2D eigenvalue weighted by Crippen LogP contribution is -2.70. The summed E-state index contributed by atoms with van der Waals surface area (Å²) in [6.07, 6.45) is 3.49. The molecule has 2 aliphatic heterocycles. The number of hydrazone groups is 1. The van der Waals surface area contributed by atoms with Crippen molar-refractivity contribution in [3.63, 3.8) is 0 Å². The van der Waals surface area contributed by atoms with E-state index in [1.807, 2.05) is 0 Å². The van der Waals surface area contributed by atoms with Gasteiger partial charge in [-0.15, -0.1) is 0 Å². The van der Waals surface area contributed by atoms with E-state index in [-0.39, 0.29) is 42.2 Å². The molecular formula is C20H26FN5O2. The monoisotopic (exact) mass is 387 g/mol. The van der Waals surface area contributed by atoms with Crippen molar-refractivity contribution in [2.45, 2.75) is 57.8 Å². The quantitative estimate of drug-likeness (QED) is 0.830. The van der Waals surface area contributed by atoms with E-state index in [1.165, 1.54) is 24.3 Å². The molecular weight excluding hydrogens is 361 g/mol. The Morgan fingerprint density at radius 3 is 2.61 bits per heavy atom. The molecule has 28 heavy (non-hydrogen) atoms. The largest absolute Gasteiger partial charge is 0.325 e. The number of piperazine rings is 1. The number of anilines is 1. The lowest BCUT2D eigenvalue weighted by atomic mass is 9.85. The van der Waals surface area contributed by atoms with E-state index >= 15 is 0 Å². The highest BCUT2D eigenvalue weighted by atomic mass is 19.1. The third kappa shape index (κ3) is 3.31. The maximum atomic E-state index is 13.2. The van der Waals surface area contributed by atoms with Crippen molar-refractivity contribution >= 4 is 23.3 Å². The molecule has 2 N–H and O–H groups in total. The summed E-state index contributed by atoms with van der Waals surface area (Å²) in [5.74, 6) is 0.395. The Balaban J connectivity index is 1.52.